The van der Waals surface area contributed by atoms with Crippen molar-refractivity contribution in [2.75, 3.05) is 13.2 Å². The lowest BCUT2D eigenvalue weighted by molar-refractivity contribution is -0.167. The molecule has 0 rings (SSSR count). The van der Waals surface area contributed by atoms with Crippen LogP contribution in [0.1, 0.15) is 245 Å². The molecule has 0 heterocycles. The molecule has 1 unspecified atom stereocenters. The zero-order valence-corrected chi connectivity index (χ0v) is 40.6. The van der Waals surface area contributed by atoms with Crippen LogP contribution < -0.4 is 0 Å². The van der Waals surface area contributed by atoms with Gasteiger partial charge in [0.1, 0.15) is 13.2 Å². The van der Waals surface area contributed by atoms with Crippen molar-refractivity contribution in [1.29, 1.82) is 0 Å². The Morgan fingerprint density at radius 2 is 0.694 bits per heavy atom. The highest BCUT2D eigenvalue weighted by Gasteiger charge is 2.19. The number of hydrogen-bond acceptors (Lipinski definition) is 6. The summed E-state index contributed by atoms with van der Waals surface area (Å²) in [5.41, 5.74) is 0. The first kappa shape index (κ1) is 58.9. The zero-order chi connectivity index (χ0) is 45.1. The van der Waals surface area contributed by atoms with Crippen molar-refractivity contribution in [1.82, 2.24) is 0 Å². The van der Waals surface area contributed by atoms with Crippen LogP contribution in [0.2, 0.25) is 0 Å². The summed E-state index contributed by atoms with van der Waals surface area (Å²) in [7, 11) is 0. The van der Waals surface area contributed by atoms with E-state index < -0.39 is 6.10 Å². The van der Waals surface area contributed by atoms with Crippen LogP contribution in [0.15, 0.2) is 72.9 Å². The van der Waals surface area contributed by atoms with E-state index in [2.05, 4.69) is 93.7 Å². The average Bonchev–Trinajstić information content (AvgIpc) is 3.27. The molecule has 356 valence electrons. The van der Waals surface area contributed by atoms with E-state index in [1.807, 2.05) is 0 Å². The molecule has 0 saturated carbocycles. The highest BCUT2D eigenvalue weighted by atomic mass is 16.6. The van der Waals surface area contributed by atoms with Gasteiger partial charge in [0.05, 0.1) is 0 Å². The third-order valence-electron chi connectivity index (χ3n) is 10.9. The molecule has 0 N–H and O–H groups in total. The number of rotatable bonds is 46. The van der Waals surface area contributed by atoms with Crippen LogP contribution in [0.3, 0.4) is 0 Å². The minimum Gasteiger partial charge on any atom is -0.462 e. The molecule has 0 amide bonds. The van der Waals surface area contributed by atoms with Gasteiger partial charge in [-0.05, 0) is 96.3 Å². The van der Waals surface area contributed by atoms with Crippen LogP contribution in [-0.4, -0.2) is 37.2 Å². The molecule has 0 spiro atoms. The summed E-state index contributed by atoms with van der Waals surface area (Å²) >= 11 is 0. The quantitative estimate of drug-likeness (QED) is 0.0199. The maximum Gasteiger partial charge on any atom is 0.306 e. The Morgan fingerprint density at radius 1 is 0.355 bits per heavy atom. The summed E-state index contributed by atoms with van der Waals surface area (Å²) in [6.07, 6.45) is 63.3. The van der Waals surface area contributed by atoms with Gasteiger partial charge in [-0.25, -0.2) is 0 Å². The molecule has 0 aromatic carbocycles. The highest BCUT2D eigenvalue weighted by Crippen LogP contribution is 2.14. The van der Waals surface area contributed by atoms with Crippen LogP contribution >= 0.6 is 0 Å². The molecule has 0 saturated heterocycles. The Labute approximate surface area is 382 Å². The minimum absolute atomic E-state index is 0.0989. The van der Waals surface area contributed by atoms with Gasteiger partial charge in [0, 0.05) is 19.3 Å². The summed E-state index contributed by atoms with van der Waals surface area (Å²) in [6.45, 7) is 6.43. The van der Waals surface area contributed by atoms with Crippen molar-refractivity contribution in [2.45, 2.75) is 252 Å². The smallest absolute Gasteiger partial charge is 0.306 e. The fourth-order valence-corrected chi connectivity index (χ4v) is 7.04. The van der Waals surface area contributed by atoms with Crippen molar-refractivity contribution >= 4 is 17.9 Å². The van der Waals surface area contributed by atoms with Crippen LogP contribution in [0.5, 0.6) is 0 Å². The lowest BCUT2D eigenvalue weighted by Crippen LogP contribution is -2.30. The minimum atomic E-state index is -0.803. The van der Waals surface area contributed by atoms with Crippen molar-refractivity contribution < 1.29 is 28.6 Å². The van der Waals surface area contributed by atoms with Crippen molar-refractivity contribution in [2.24, 2.45) is 0 Å². The molecule has 0 fully saturated rings. The lowest BCUT2D eigenvalue weighted by atomic mass is 10.1. The Morgan fingerprint density at radius 3 is 1.21 bits per heavy atom. The van der Waals surface area contributed by atoms with Gasteiger partial charge in [0.15, 0.2) is 6.10 Å². The molecule has 0 aromatic heterocycles. The lowest BCUT2D eigenvalue weighted by Gasteiger charge is -2.18. The predicted molar refractivity (Wildman–Crippen MR) is 265 cm³/mol. The summed E-state index contributed by atoms with van der Waals surface area (Å²) in [5.74, 6) is -0.974. The van der Waals surface area contributed by atoms with Gasteiger partial charge in [-0.2, -0.15) is 0 Å². The molecule has 0 aliphatic rings. The monoisotopic (exact) mass is 865 g/mol. The first-order valence-corrected chi connectivity index (χ1v) is 26.0. The Hall–Kier alpha value is -3.15. The second-order valence-electron chi connectivity index (χ2n) is 17.1. The van der Waals surface area contributed by atoms with Crippen molar-refractivity contribution in [3.63, 3.8) is 0 Å². The molecule has 0 aliphatic carbocycles. The number of ether oxygens (including phenoxy) is 3. The number of unbranched alkanes of at least 4 members (excludes halogenated alkanes) is 24. The number of carbonyl (C=O) groups excluding carboxylic acids is 3. The fraction of sp³-hybridized carbons (Fsp3) is 0.732. The third-order valence-corrected chi connectivity index (χ3v) is 10.9. The summed E-state index contributed by atoms with van der Waals surface area (Å²) in [4.78, 5) is 37.9. The van der Waals surface area contributed by atoms with E-state index in [9.17, 15) is 14.4 Å². The van der Waals surface area contributed by atoms with Crippen LogP contribution in [0.25, 0.3) is 0 Å². The van der Waals surface area contributed by atoms with Crippen LogP contribution in [0.4, 0.5) is 0 Å². The Balaban J connectivity index is 4.39. The van der Waals surface area contributed by atoms with Crippen LogP contribution in [0, 0.1) is 0 Å². The highest BCUT2D eigenvalue weighted by molar-refractivity contribution is 5.71. The standard InChI is InChI=1S/C56H96O6/c1-4-7-10-13-16-19-22-24-26-27-28-29-30-32-34-37-40-43-46-49-55(58)61-52-53(51-60-54(57)48-45-42-39-36-33-21-18-15-12-9-6-3)62-56(59)50-47-44-41-38-35-31-25-23-20-17-14-11-8-5-2/h9,12,16,18-19,21-22,24,31,35-36,39,53H,4-8,10-11,13-15,17,20,23,25-30,32-34,37-38,40-52H2,1-3H3/b12-9-,19-16-,21-18-,24-22-,35-31-,39-36-. The molecule has 1 atom stereocenters. The van der Waals surface area contributed by atoms with Gasteiger partial charge >= 0.3 is 17.9 Å². The van der Waals surface area contributed by atoms with Gasteiger partial charge < -0.3 is 14.2 Å². The van der Waals surface area contributed by atoms with Crippen molar-refractivity contribution in [3.8, 4) is 0 Å². The predicted octanol–water partition coefficient (Wildman–Crippen LogP) is 17.0. The first-order valence-electron chi connectivity index (χ1n) is 26.0. The first-order chi connectivity index (χ1) is 30.5. The molecule has 0 bridgehead atoms. The molecule has 6 nitrogen and oxygen atoms in total. The van der Waals surface area contributed by atoms with Gasteiger partial charge in [-0.1, -0.05) is 203 Å². The van der Waals surface area contributed by atoms with E-state index in [4.69, 9.17) is 14.2 Å². The van der Waals surface area contributed by atoms with E-state index in [1.54, 1.807) is 0 Å². The summed E-state index contributed by atoms with van der Waals surface area (Å²) < 4.78 is 16.7. The molecular formula is C56H96O6. The molecule has 62 heavy (non-hydrogen) atoms. The summed E-state index contributed by atoms with van der Waals surface area (Å²) in [6, 6.07) is 0. The SMILES string of the molecule is CC/C=C\C/C=C\C/C=C\CCCC(=O)OCC(COC(=O)CCCCCCCCCCCC/C=C\C=C/CCCCC)OC(=O)CCCCC/C=C\CCCCCCCCC. The van der Waals surface area contributed by atoms with Gasteiger partial charge in [-0.3, -0.25) is 14.4 Å². The van der Waals surface area contributed by atoms with E-state index in [0.717, 1.165) is 77.0 Å². The average molecular weight is 865 g/mol. The summed E-state index contributed by atoms with van der Waals surface area (Å²) in [5, 5.41) is 0. The maximum atomic E-state index is 12.8. The number of allylic oxidation sites excluding steroid dienone is 12. The van der Waals surface area contributed by atoms with E-state index >= 15 is 0 Å². The fourth-order valence-electron chi connectivity index (χ4n) is 7.04. The largest absolute Gasteiger partial charge is 0.462 e. The third kappa shape index (κ3) is 47.9. The van der Waals surface area contributed by atoms with E-state index in [-0.39, 0.29) is 37.5 Å². The molecule has 6 heteroatoms. The number of hydrogen-bond donors (Lipinski definition) is 0. The molecule has 0 aliphatic heterocycles. The number of carbonyl (C=O) groups is 3. The van der Waals surface area contributed by atoms with Crippen LogP contribution in [-0.2, 0) is 28.6 Å². The molecular weight excluding hydrogens is 769 g/mol. The second kappa shape index (κ2) is 50.5. The van der Waals surface area contributed by atoms with E-state index in [1.165, 1.54) is 122 Å². The van der Waals surface area contributed by atoms with Gasteiger partial charge in [-0.15, -0.1) is 0 Å². The normalized spacial score (nSPS) is 12.6. The number of esters is 3. The topological polar surface area (TPSA) is 78.9 Å². The van der Waals surface area contributed by atoms with Gasteiger partial charge in [0.2, 0.25) is 0 Å². The zero-order valence-electron chi connectivity index (χ0n) is 40.6. The maximum absolute atomic E-state index is 12.8. The van der Waals surface area contributed by atoms with Crippen molar-refractivity contribution in [3.05, 3.63) is 72.9 Å². The Kier molecular flexibility index (Phi) is 47.9. The molecule has 0 radical (unpaired) electrons. The molecule has 0 aromatic rings. The second-order valence-corrected chi connectivity index (χ2v) is 17.1. The van der Waals surface area contributed by atoms with E-state index in [0.29, 0.717) is 19.3 Å². The Bertz CT molecular complexity index is 1180. The van der Waals surface area contributed by atoms with Gasteiger partial charge in [0.25, 0.3) is 0 Å².